The predicted molar refractivity (Wildman–Crippen MR) is 169 cm³/mol. The lowest BCUT2D eigenvalue weighted by atomic mass is 10.0. The van der Waals surface area contributed by atoms with Crippen LogP contribution in [0.15, 0.2) is 95.3 Å². The normalized spacial score (nSPS) is 11.0. The summed E-state index contributed by atoms with van der Waals surface area (Å²) < 4.78 is 35.1. The van der Waals surface area contributed by atoms with Crippen molar-refractivity contribution in [2.24, 2.45) is 0 Å². The molecule has 0 radical (unpaired) electrons. The maximum Gasteiger partial charge on any atom is 0.316 e. The summed E-state index contributed by atoms with van der Waals surface area (Å²) in [5.74, 6) is -0.709. The zero-order chi connectivity index (χ0) is 31.9. The minimum atomic E-state index is -0.452. The highest BCUT2D eigenvalue weighted by molar-refractivity contribution is 7.98. The number of nitrogens with zero attached hydrogens (tertiary/aromatic N) is 5. The highest BCUT2D eigenvalue weighted by Gasteiger charge is 2.17. The van der Waals surface area contributed by atoms with Gasteiger partial charge in [0.1, 0.15) is 18.2 Å². The number of methoxy groups -OCH3 is 1. The Morgan fingerprint density at radius 1 is 0.956 bits per heavy atom. The second-order valence-corrected chi connectivity index (χ2v) is 11.6. The van der Waals surface area contributed by atoms with Crippen LogP contribution >= 0.6 is 23.4 Å². The maximum atomic E-state index is 15.1. The van der Waals surface area contributed by atoms with Gasteiger partial charge in [-0.25, -0.2) is 18.7 Å². The molecule has 12 heteroatoms. The first-order valence-corrected chi connectivity index (χ1v) is 15.2. The zero-order valence-corrected chi connectivity index (χ0v) is 26.0. The van der Waals surface area contributed by atoms with E-state index in [1.54, 1.807) is 66.6 Å². The molecule has 2 aromatic heterocycles. The number of carbonyl (C=O) groups excluding carboxylic acids is 1. The van der Waals surface area contributed by atoms with Crippen molar-refractivity contribution in [1.82, 2.24) is 24.4 Å². The summed E-state index contributed by atoms with van der Waals surface area (Å²) >= 11 is 7.22. The lowest BCUT2D eigenvalue weighted by molar-refractivity contribution is -0.131. The number of hydrogen-bond donors (Lipinski definition) is 0. The van der Waals surface area contributed by atoms with Crippen LogP contribution in [0.25, 0.3) is 11.1 Å². The van der Waals surface area contributed by atoms with E-state index in [1.165, 1.54) is 42.0 Å². The average molecular weight is 648 g/mol. The largest absolute Gasteiger partial charge is 0.467 e. The van der Waals surface area contributed by atoms with Crippen LogP contribution in [-0.4, -0.2) is 44.5 Å². The molecule has 8 nitrogen and oxygen atoms in total. The third kappa shape index (κ3) is 8.31. The number of thioether (sulfide) groups is 1. The summed E-state index contributed by atoms with van der Waals surface area (Å²) in [5.41, 5.74) is 3.24. The van der Waals surface area contributed by atoms with Gasteiger partial charge in [-0.2, -0.15) is 4.98 Å². The number of benzene rings is 3. The van der Waals surface area contributed by atoms with Crippen molar-refractivity contribution >= 4 is 29.3 Å². The monoisotopic (exact) mass is 647 g/mol. The highest BCUT2D eigenvalue weighted by Crippen LogP contribution is 2.25. The lowest BCUT2D eigenvalue weighted by Crippen LogP contribution is -2.31. The first-order valence-electron chi connectivity index (χ1n) is 13.8. The number of ether oxygens (including phenoxy) is 1. The van der Waals surface area contributed by atoms with Crippen molar-refractivity contribution in [3.8, 4) is 17.1 Å². The molecule has 230 valence electrons. The Labute approximate surface area is 267 Å². The number of aromatic nitrogens is 4. The third-order valence-corrected chi connectivity index (χ3v) is 8.25. The summed E-state index contributed by atoms with van der Waals surface area (Å²) in [5, 5.41) is 0.909. The Balaban J connectivity index is 1.35. The van der Waals surface area contributed by atoms with E-state index in [0.29, 0.717) is 38.2 Å². The minimum Gasteiger partial charge on any atom is -0.467 e. The fourth-order valence-corrected chi connectivity index (χ4v) is 5.51. The van der Waals surface area contributed by atoms with Gasteiger partial charge in [-0.05, 0) is 52.6 Å². The van der Waals surface area contributed by atoms with Crippen molar-refractivity contribution in [2.45, 2.75) is 30.4 Å². The van der Waals surface area contributed by atoms with E-state index >= 15 is 4.39 Å². The van der Waals surface area contributed by atoms with Gasteiger partial charge < -0.3 is 14.2 Å². The summed E-state index contributed by atoms with van der Waals surface area (Å²) in [6.07, 6.45) is 4.89. The molecule has 0 aliphatic heterocycles. The molecule has 0 fully saturated rings. The zero-order valence-electron chi connectivity index (χ0n) is 24.4. The fraction of sp³-hybridized carbons (Fsp3) is 0.182. The molecule has 45 heavy (non-hydrogen) atoms. The van der Waals surface area contributed by atoms with Crippen molar-refractivity contribution in [3.05, 3.63) is 135 Å². The molecule has 0 atom stereocenters. The topological polar surface area (TPSA) is 90.2 Å². The number of hydrogen-bond acceptors (Lipinski definition) is 7. The van der Waals surface area contributed by atoms with Crippen LogP contribution in [0.3, 0.4) is 0 Å². The molecule has 0 unspecified atom stereocenters. The Hall–Kier alpha value is -4.61. The molecule has 0 aliphatic rings. The molecule has 0 saturated carbocycles. The molecule has 5 aromatic rings. The molecule has 5 rings (SSSR count). The van der Waals surface area contributed by atoms with Crippen LogP contribution in [0.5, 0.6) is 6.01 Å². The average Bonchev–Trinajstić information content (AvgIpc) is 3.04. The van der Waals surface area contributed by atoms with Gasteiger partial charge in [0, 0.05) is 60.5 Å². The van der Waals surface area contributed by atoms with E-state index in [1.807, 2.05) is 12.1 Å². The van der Waals surface area contributed by atoms with Crippen LogP contribution in [0.1, 0.15) is 22.3 Å². The molecule has 0 N–H and O–H groups in total. The second-order valence-electron chi connectivity index (χ2n) is 10.2. The highest BCUT2D eigenvalue weighted by atomic mass is 35.5. The number of likely N-dealkylation sites (N-methyl/N-ethyl adjacent to an activating group) is 1. The third-order valence-electron chi connectivity index (χ3n) is 6.94. The van der Waals surface area contributed by atoms with E-state index in [9.17, 15) is 14.0 Å². The number of rotatable bonds is 11. The van der Waals surface area contributed by atoms with Crippen LogP contribution in [-0.2, 0) is 30.1 Å². The molecular weight excluding hydrogens is 620 g/mol. The first kappa shape index (κ1) is 31.8. The molecule has 0 bridgehead atoms. The molecular formula is C33H28ClF2N5O3S. The minimum absolute atomic E-state index is 0.0350. The van der Waals surface area contributed by atoms with Crippen LogP contribution < -0.4 is 10.3 Å². The van der Waals surface area contributed by atoms with Crippen LogP contribution in [0.4, 0.5) is 8.78 Å². The van der Waals surface area contributed by atoms with Crippen LogP contribution in [0.2, 0.25) is 5.02 Å². The predicted octanol–water partition coefficient (Wildman–Crippen LogP) is 6.18. The van der Waals surface area contributed by atoms with Gasteiger partial charge in [0.25, 0.3) is 5.56 Å². The Morgan fingerprint density at radius 3 is 2.31 bits per heavy atom. The van der Waals surface area contributed by atoms with E-state index in [-0.39, 0.29) is 37.2 Å². The van der Waals surface area contributed by atoms with E-state index in [2.05, 4.69) is 15.0 Å². The van der Waals surface area contributed by atoms with Gasteiger partial charge in [0.05, 0.1) is 7.11 Å². The van der Waals surface area contributed by atoms with Gasteiger partial charge in [-0.15, -0.1) is 0 Å². The lowest BCUT2D eigenvalue weighted by Gasteiger charge is -2.20. The maximum absolute atomic E-state index is 15.1. The molecule has 3 aromatic carbocycles. The standard InChI is InChI=1S/C33H28ClF2N5O3S/c1-40(17-25-6-5-24(14-29(25)36)23-7-9-27(34)10-8-23)30(42)19-41-18-26(13-22-15-37-32(44-2)38-16-22)31(43)39-33(41)45-20-21-3-11-28(35)12-4-21/h3-12,14-16,18H,13,17,19-20H2,1-2H3. The van der Waals surface area contributed by atoms with E-state index < -0.39 is 11.4 Å². The Bertz CT molecular complexity index is 1850. The van der Waals surface area contributed by atoms with E-state index in [4.69, 9.17) is 16.3 Å². The molecule has 1 amide bonds. The first-order chi connectivity index (χ1) is 21.7. The van der Waals surface area contributed by atoms with E-state index in [0.717, 1.165) is 11.1 Å². The molecule has 2 heterocycles. The number of halogens is 3. The van der Waals surface area contributed by atoms with Gasteiger partial charge in [0.2, 0.25) is 5.91 Å². The number of amides is 1. The Kier molecular flexibility index (Phi) is 10.2. The molecule has 0 aliphatic carbocycles. The smallest absolute Gasteiger partial charge is 0.316 e. The summed E-state index contributed by atoms with van der Waals surface area (Å²) in [6.45, 7) is -0.112. The summed E-state index contributed by atoms with van der Waals surface area (Å²) in [6, 6.07) is 18.2. The van der Waals surface area contributed by atoms with Crippen molar-refractivity contribution < 1.29 is 18.3 Å². The SMILES string of the molecule is COc1ncc(Cc2cn(CC(=O)N(C)Cc3ccc(-c4ccc(Cl)cc4)cc3F)c(SCc3ccc(F)cc3)nc2=O)cn1. The Morgan fingerprint density at radius 2 is 1.64 bits per heavy atom. The molecule has 0 spiro atoms. The fourth-order valence-electron chi connectivity index (χ4n) is 4.47. The van der Waals surface area contributed by atoms with Gasteiger partial charge in [-0.3, -0.25) is 9.59 Å². The summed E-state index contributed by atoms with van der Waals surface area (Å²) in [4.78, 5) is 40.3. The van der Waals surface area contributed by atoms with Gasteiger partial charge in [-0.1, -0.05) is 59.8 Å². The van der Waals surface area contributed by atoms with Crippen molar-refractivity contribution in [3.63, 3.8) is 0 Å². The van der Waals surface area contributed by atoms with Crippen molar-refractivity contribution in [1.29, 1.82) is 0 Å². The quantitative estimate of drug-likeness (QED) is 0.125. The number of carbonyl (C=O) groups is 1. The van der Waals surface area contributed by atoms with Crippen LogP contribution in [0, 0.1) is 11.6 Å². The second kappa shape index (κ2) is 14.4. The van der Waals surface area contributed by atoms with Crippen molar-refractivity contribution in [2.75, 3.05) is 14.2 Å². The molecule has 0 saturated heterocycles. The van der Waals surface area contributed by atoms with Gasteiger partial charge >= 0.3 is 6.01 Å². The van der Waals surface area contributed by atoms with Gasteiger partial charge in [0.15, 0.2) is 5.16 Å². The summed E-state index contributed by atoms with van der Waals surface area (Å²) in [7, 11) is 3.05.